The molecule has 3 N–H and O–H groups in total. The average molecular weight is 364 g/mol. The van der Waals surface area contributed by atoms with Crippen LogP contribution in [0.3, 0.4) is 0 Å². The molecule has 1 saturated heterocycles. The number of nitrogen functional groups attached to an aromatic ring is 1. The summed E-state index contributed by atoms with van der Waals surface area (Å²) in [4.78, 5) is 19.4. The summed E-state index contributed by atoms with van der Waals surface area (Å²) >= 11 is 0. The molecular weight excluding hydrogens is 340 g/mol. The topological polar surface area (TPSA) is 88.5 Å². The molecule has 0 aliphatic carbocycles. The number of hydrogen-bond donors (Lipinski definition) is 2. The third-order valence-electron chi connectivity index (χ3n) is 5.59. The fourth-order valence-electron chi connectivity index (χ4n) is 3.82. The Kier molecular flexibility index (Phi) is 4.53. The molecule has 7 heteroatoms. The summed E-state index contributed by atoms with van der Waals surface area (Å²) < 4.78 is 1.48. The molecule has 140 valence electrons. The lowest BCUT2D eigenvalue weighted by atomic mass is 9.72. The first-order chi connectivity index (χ1) is 13.1. The molecule has 1 aliphatic heterocycles. The second-order valence-corrected chi connectivity index (χ2v) is 7.30. The van der Waals surface area contributed by atoms with E-state index in [1.807, 2.05) is 6.07 Å². The van der Waals surface area contributed by atoms with Crippen molar-refractivity contribution in [2.75, 3.05) is 32.4 Å². The molecule has 1 aliphatic rings. The first-order valence-corrected chi connectivity index (χ1v) is 9.20. The van der Waals surface area contributed by atoms with Gasteiger partial charge in [-0.2, -0.15) is 9.61 Å². The molecule has 4 rings (SSSR count). The van der Waals surface area contributed by atoms with E-state index in [1.165, 1.54) is 16.3 Å². The molecule has 0 atom stereocenters. The number of benzene rings is 1. The Morgan fingerprint density at radius 3 is 2.70 bits per heavy atom. The first-order valence-electron chi connectivity index (χ1n) is 9.20. The van der Waals surface area contributed by atoms with Crippen molar-refractivity contribution in [3.8, 4) is 0 Å². The zero-order chi connectivity index (χ0) is 18.9. The second kappa shape index (κ2) is 7.00. The van der Waals surface area contributed by atoms with Crippen molar-refractivity contribution in [2.45, 2.75) is 18.3 Å². The Hall–Kier alpha value is -2.93. The Morgan fingerprint density at radius 2 is 1.96 bits per heavy atom. The highest BCUT2D eigenvalue weighted by atomic mass is 16.1. The van der Waals surface area contributed by atoms with Crippen LogP contribution in [0, 0.1) is 0 Å². The molecule has 27 heavy (non-hydrogen) atoms. The average Bonchev–Trinajstić information content (AvgIpc) is 3.14. The number of anilines is 1. The number of amides is 1. The molecule has 0 bridgehead atoms. The van der Waals surface area contributed by atoms with Gasteiger partial charge in [0.1, 0.15) is 11.4 Å². The number of aromatic nitrogens is 3. The van der Waals surface area contributed by atoms with Gasteiger partial charge in [0, 0.05) is 18.2 Å². The fraction of sp³-hybridized carbons (Fsp3) is 0.350. The normalized spacial score (nSPS) is 17.1. The van der Waals surface area contributed by atoms with Gasteiger partial charge >= 0.3 is 0 Å². The summed E-state index contributed by atoms with van der Waals surface area (Å²) in [5.41, 5.74) is 8.04. The minimum Gasteiger partial charge on any atom is -0.384 e. The molecule has 0 radical (unpaired) electrons. The molecule has 3 heterocycles. The molecule has 3 aromatic rings. The lowest BCUT2D eigenvalue weighted by molar-refractivity contribution is 0.0929. The van der Waals surface area contributed by atoms with E-state index in [0.29, 0.717) is 23.6 Å². The van der Waals surface area contributed by atoms with E-state index < -0.39 is 0 Å². The van der Waals surface area contributed by atoms with E-state index in [1.54, 1.807) is 12.3 Å². The Balaban J connectivity index is 1.57. The summed E-state index contributed by atoms with van der Waals surface area (Å²) in [5.74, 6) is 0.285. The van der Waals surface area contributed by atoms with Crippen molar-refractivity contribution < 1.29 is 4.79 Å². The molecule has 0 unspecified atom stereocenters. The van der Waals surface area contributed by atoms with Crippen LogP contribution in [0.15, 0.2) is 48.8 Å². The van der Waals surface area contributed by atoms with Crippen LogP contribution in [0.5, 0.6) is 0 Å². The number of piperidine rings is 1. The van der Waals surface area contributed by atoms with Crippen molar-refractivity contribution in [1.29, 1.82) is 0 Å². The van der Waals surface area contributed by atoms with Crippen LogP contribution in [0.4, 0.5) is 5.82 Å². The van der Waals surface area contributed by atoms with E-state index in [0.717, 1.165) is 25.9 Å². The second-order valence-electron chi connectivity index (χ2n) is 7.30. The smallest absolute Gasteiger partial charge is 0.256 e. The van der Waals surface area contributed by atoms with Crippen molar-refractivity contribution in [1.82, 2.24) is 24.8 Å². The van der Waals surface area contributed by atoms with Crippen molar-refractivity contribution in [2.24, 2.45) is 0 Å². The predicted octanol–water partition coefficient (Wildman–Crippen LogP) is 1.70. The van der Waals surface area contributed by atoms with E-state index in [2.05, 4.69) is 51.6 Å². The molecule has 2 aromatic heterocycles. The summed E-state index contributed by atoms with van der Waals surface area (Å²) in [5, 5.41) is 7.31. The van der Waals surface area contributed by atoms with Crippen molar-refractivity contribution in [3.05, 3.63) is 59.9 Å². The molecular formula is C20H24N6O. The number of rotatable bonds is 4. The Bertz CT molecular complexity index is 944. The van der Waals surface area contributed by atoms with Gasteiger partial charge < -0.3 is 16.0 Å². The van der Waals surface area contributed by atoms with Gasteiger partial charge in [-0.15, -0.1) is 0 Å². The molecule has 1 amide bonds. The van der Waals surface area contributed by atoms with Crippen molar-refractivity contribution >= 4 is 17.4 Å². The standard InChI is InChI=1S/C20H24N6O/c1-25-11-8-20(9-12-25,15-5-3-2-4-6-15)14-23-19(27)16-13-24-26-17(21)7-10-22-18(16)26/h2-7,10,13H,8-9,11-12,14,21H2,1H3,(H,23,27). The van der Waals surface area contributed by atoms with E-state index >= 15 is 0 Å². The van der Waals surface area contributed by atoms with Crippen LogP contribution < -0.4 is 11.1 Å². The maximum atomic E-state index is 12.9. The first kappa shape index (κ1) is 17.5. The van der Waals surface area contributed by atoms with E-state index in [9.17, 15) is 4.79 Å². The van der Waals surface area contributed by atoms with Gasteiger partial charge in [-0.25, -0.2) is 4.98 Å². The summed E-state index contributed by atoms with van der Waals surface area (Å²) in [6.45, 7) is 2.61. The van der Waals surface area contributed by atoms with Crippen LogP contribution in [0.25, 0.3) is 5.65 Å². The van der Waals surface area contributed by atoms with Gasteiger partial charge in [0.2, 0.25) is 0 Å². The number of fused-ring (bicyclic) bond motifs is 1. The third kappa shape index (κ3) is 3.26. The van der Waals surface area contributed by atoms with Gasteiger partial charge in [-0.1, -0.05) is 30.3 Å². The zero-order valence-electron chi connectivity index (χ0n) is 15.4. The summed E-state index contributed by atoms with van der Waals surface area (Å²) in [6, 6.07) is 12.1. The largest absolute Gasteiger partial charge is 0.384 e. The number of nitrogens with two attached hydrogens (primary N) is 1. The van der Waals surface area contributed by atoms with Gasteiger partial charge in [0.15, 0.2) is 5.65 Å². The fourth-order valence-corrected chi connectivity index (χ4v) is 3.82. The number of carbonyl (C=O) groups is 1. The van der Waals surface area contributed by atoms with Crippen molar-refractivity contribution in [3.63, 3.8) is 0 Å². The highest BCUT2D eigenvalue weighted by Crippen LogP contribution is 2.34. The van der Waals surface area contributed by atoms with Crippen LogP contribution in [-0.4, -0.2) is 52.1 Å². The highest BCUT2D eigenvalue weighted by molar-refractivity contribution is 5.99. The van der Waals surface area contributed by atoms with E-state index in [4.69, 9.17) is 5.73 Å². The molecule has 0 spiro atoms. The Labute approximate surface area is 158 Å². The third-order valence-corrected chi connectivity index (χ3v) is 5.59. The lowest BCUT2D eigenvalue weighted by Crippen LogP contribution is -2.48. The summed E-state index contributed by atoms with van der Waals surface area (Å²) in [6.07, 6.45) is 5.13. The monoisotopic (exact) mass is 364 g/mol. The SMILES string of the molecule is CN1CCC(CNC(=O)c2cnn3c(N)ccnc23)(c2ccccc2)CC1. The summed E-state index contributed by atoms with van der Waals surface area (Å²) in [7, 11) is 2.14. The van der Waals surface area contributed by atoms with Crippen LogP contribution in [-0.2, 0) is 5.41 Å². The maximum Gasteiger partial charge on any atom is 0.256 e. The Morgan fingerprint density at radius 1 is 1.22 bits per heavy atom. The molecule has 1 fully saturated rings. The predicted molar refractivity (Wildman–Crippen MR) is 105 cm³/mol. The molecule has 7 nitrogen and oxygen atoms in total. The number of carbonyl (C=O) groups excluding carboxylic acids is 1. The number of nitrogens with zero attached hydrogens (tertiary/aromatic N) is 4. The number of hydrogen-bond acceptors (Lipinski definition) is 5. The quantitative estimate of drug-likeness (QED) is 0.736. The lowest BCUT2D eigenvalue weighted by Gasteiger charge is -2.41. The van der Waals surface area contributed by atoms with Gasteiger partial charge in [-0.3, -0.25) is 4.79 Å². The van der Waals surface area contributed by atoms with Crippen LogP contribution in [0.1, 0.15) is 28.8 Å². The van der Waals surface area contributed by atoms with Crippen LogP contribution in [0.2, 0.25) is 0 Å². The van der Waals surface area contributed by atoms with Gasteiger partial charge in [0.25, 0.3) is 5.91 Å². The molecule has 1 aromatic carbocycles. The van der Waals surface area contributed by atoms with Gasteiger partial charge in [-0.05, 0) is 44.6 Å². The highest BCUT2D eigenvalue weighted by Gasteiger charge is 2.36. The number of likely N-dealkylation sites (tertiary alicyclic amines) is 1. The minimum absolute atomic E-state index is 0.0567. The zero-order valence-corrected chi connectivity index (χ0v) is 15.4. The van der Waals surface area contributed by atoms with Crippen LogP contribution >= 0.6 is 0 Å². The maximum absolute atomic E-state index is 12.9. The minimum atomic E-state index is -0.169. The van der Waals surface area contributed by atoms with E-state index in [-0.39, 0.29) is 11.3 Å². The number of nitrogens with one attached hydrogen (secondary N) is 1. The molecule has 0 saturated carbocycles. The van der Waals surface area contributed by atoms with Gasteiger partial charge in [0.05, 0.1) is 6.20 Å².